The van der Waals surface area contributed by atoms with Crippen LogP contribution in [-0.4, -0.2) is 44.0 Å². The Kier molecular flexibility index (Phi) is 5.65. The van der Waals surface area contributed by atoms with Crippen LogP contribution in [0.2, 0.25) is 0 Å². The quantitative estimate of drug-likeness (QED) is 0.839. The summed E-state index contributed by atoms with van der Waals surface area (Å²) in [5.41, 5.74) is 1.03. The maximum absolute atomic E-state index is 12.7. The number of nitrogens with zero attached hydrogens (tertiary/aromatic N) is 4. The first-order valence-electron chi connectivity index (χ1n) is 8.85. The summed E-state index contributed by atoms with van der Waals surface area (Å²) < 4.78 is 1.90. The van der Waals surface area contributed by atoms with E-state index in [9.17, 15) is 9.90 Å². The van der Waals surface area contributed by atoms with Crippen LogP contribution < -0.4 is 5.32 Å². The number of hydrogen-bond donors (Lipinski definition) is 2. The third-order valence-corrected chi connectivity index (χ3v) is 4.41. The van der Waals surface area contributed by atoms with E-state index in [1.54, 1.807) is 4.90 Å². The second-order valence-corrected chi connectivity index (χ2v) is 6.24. The Hall–Kier alpha value is -2.41. The van der Waals surface area contributed by atoms with Gasteiger partial charge >= 0.3 is 6.03 Å². The van der Waals surface area contributed by atoms with Gasteiger partial charge in [-0.25, -0.2) is 14.5 Å². The Morgan fingerprint density at radius 2 is 2.20 bits per heavy atom. The number of carbonyl (C=O) groups is 1. The first-order valence-corrected chi connectivity index (χ1v) is 8.85. The number of aliphatic hydroxyl groups is 1. The molecule has 0 aliphatic carbocycles. The molecule has 2 N–H and O–H groups in total. The summed E-state index contributed by atoms with van der Waals surface area (Å²) in [6.45, 7) is 3.56. The van der Waals surface area contributed by atoms with E-state index in [0.717, 1.165) is 43.0 Å². The third kappa shape index (κ3) is 4.17. The maximum atomic E-state index is 12.7. The average Bonchev–Trinajstić information content (AvgIpc) is 3.06. The van der Waals surface area contributed by atoms with E-state index < -0.39 is 0 Å². The molecule has 0 bridgehead atoms. The van der Waals surface area contributed by atoms with E-state index in [0.29, 0.717) is 13.1 Å². The molecule has 0 saturated heterocycles. The van der Waals surface area contributed by atoms with Crippen molar-refractivity contribution in [2.75, 3.05) is 13.2 Å². The molecule has 25 heavy (non-hydrogen) atoms. The van der Waals surface area contributed by atoms with E-state index in [4.69, 9.17) is 0 Å². The highest BCUT2D eigenvalue weighted by Crippen LogP contribution is 2.23. The van der Waals surface area contributed by atoms with Crippen LogP contribution in [0.3, 0.4) is 0 Å². The minimum absolute atomic E-state index is 0.0684. The molecule has 1 aromatic heterocycles. The Morgan fingerprint density at radius 3 is 2.92 bits per heavy atom. The monoisotopic (exact) mass is 343 g/mol. The standard InChI is InChI=1S/C18H25N5O2/c1-2-16-20-17-15(9-6-10-23(17)21-16)19-18(25)22(11-12-24)13-14-7-4-3-5-8-14/h3-5,7-8,15,24H,2,6,9-13H2,1H3,(H,19,25). The van der Waals surface area contributed by atoms with Gasteiger partial charge in [0.2, 0.25) is 0 Å². The predicted molar refractivity (Wildman–Crippen MR) is 93.8 cm³/mol. The van der Waals surface area contributed by atoms with Crippen LogP contribution >= 0.6 is 0 Å². The van der Waals surface area contributed by atoms with E-state index in [2.05, 4.69) is 15.4 Å². The number of aliphatic hydroxyl groups excluding tert-OH is 1. The number of rotatable bonds is 6. The molecule has 2 heterocycles. The molecule has 2 aromatic rings. The summed E-state index contributed by atoms with van der Waals surface area (Å²) in [5.74, 6) is 1.65. The van der Waals surface area contributed by atoms with Crippen LogP contribution in [0.5, 0.6) is 0 Å². The van der Waals surface area contributed by atoms with Crippen molar-refractivity contribution in [2.45, 2.75) is 45.3 Å². The second-order valence-electron chi connectivity index (χ2n) is 6.24. The lowest BCUT2D eigenvalue weighted by atomic mass is 10.1. The van der Waals surface area contributed by atoms with Gasteiger partial charge in [-0.05, 0) is 18.4 Å². The Labute approximate surface area is 147 Å². The van der Waals surface area contributed by atoms with Crippen LogP contribution in [0, 0.1) is 0 Å². The lowest BCUT2D eigenvalue weighted by molar-refractivity contribution is 0.168. The van der Waals surface area contributed by atoms with Crippen molar-refractivity contribution in [3.8, 4) is 0 Å². The van der Waals surface area contributed by atoms with Gasteiger partial charge < -0.3 is 15.3 Å². The minimum atomic E-state index is -0.183. The fourth-order valence-corrected chi connectivity index (χ4v) is 3.10. The Morgan fingerprint density at radius 1 is 1.40 bits per heavy atom. The zero-order valence-corrected chi connectivity index (χ0v) is 14.6. The smallest absolute Gasteiger partial charge is 0.318 e. The van der Waals surface area contributed by atoms with Crippen molar-refractivity contribution in [3.05, 3.63) is 47.5 Å². The molecule has 0 spiro atoms. The Balaban J connectivity index is 1.70. The molecule has 7 heteroatoms. The van der Waals surface area contributed by atoms with Gasteiger partial charge in [0.1, 0.15) is 5.82 Å². The SMILES string of the molecule is CCc1nc2n(n1)CCCC2NC(=O)N(CCO)Cc1ccccc1. The number of carbonyl (C=O) groups excluding carboxylic acids is 1. The van der Waals surface area contributed by atoms with Crippen LogP contribution in [0.25, 0.3) is 0 Å². The number of aromatic nitrogens is 3. The number of fused-ring (bicyclic) bond motifs is 1. The van der Waals surface area contributed by atoms with E-state index in [1.165, 1.54) is 0 Å². The van der Waals surface area contributed by atoms with Crippen molar-refractivity contribution in [1.82, 2.24) is 25.0 Å². The molecule has 0 saturated carbocycles. The van der Waals surface area contributed by atoms with Gasteiger partial charge in [0.25, 0.3) is 0 Å². The van der Waals surface area contributed by atoms with E-state index >= 15 is 0 Å². The summed E-state index contributed by atoms with van der Waals surface area (Å²) in [7, 11) is 0. The summed E-state index contributed by atoms with van der Waals surface area (Å²) in [6, 6.07) is 9.47. The van der Waals surface area contributed by atoms with Gasteiger partial charge in [0.15, 0.2) is 5.82 Å². The highest BCUT2D eigenvalue weighted by atomic mass is 16.3. The topological polar surface area (TPSA) is 83.3 Å². The number of hydrogen-bond acceptors (Lipinski definition) is 4. The van der Waals surface area contributed by atoms with Crippen LogP contribution in [0.1, 0.15) is 43.0 Å². The molecule has 1 atom stereocenters. The molecular formula is C18H25N5O2. The highest BCUT2D eigenvalue weighted by Gasteiger charge is 2.27. The first-order chi connectivity index (χ1) is 12.2. The number of urea groups is 1. The summed E-state index contributed by atoms with van der Waals surface area (Å²) in [6.07, 6.45) is 2.60. The van der Waals surface area contributed by atoms with Crippen molar-refractivity contribution in [3.63, 3.8) is 0 Å². The fraction of sp³-hybridized carbons (Fsp3) is 0.500. The van der Waals surface area contributed by atoms with Crippen molar-refractivity contribution in [1.29, 1.82) is 0 Å². The van der Waals surface area contributed by atoms with Gasteiger partial charge in [-0.2, -0.15) is 5.10 Å². The minimum Gasteiger partial charge on any atom is -0.395 e. The molecule has 1 aromatic carbocycles. The van der Waals surface area contributed by atoms with Gasteiger partial charge in [-0.15, -0.1) is 0 Å². The largest absolute Gasteiger partial charge is 0.395 e. The first kappa shape index (κ1) is 17.4. The summed E-state index contributed by atoms with van der Waals surface area (Å²) in [4.78, 5) is 18.9. The van der Waals surface area contributed by atoms with E-state index in [1.807, 2.05) is 41.9 Å². The molecule has 134 valence electrons. The van der Waals surface area contributed by atoms with Gasteiger partial charge in [0.05, 0.1) is 12.6 Å². The predicted octanol–water partition coefficient (Wildman–Crippen LogP) is 1.88. The number of aryl methyl sites for hydroxylation is 2. The molecule has 0 radical (unpaired) electrons. The van der Waals surface area contributed by atoms with Gasteiger partial charge in [-0.3, -0.25) is 0 Å². The van der Waals surface area contributed by atoms with Crippen molar-refractivity contribution < 1.29 is 9.90 Å². The van der Waals surface area contributed by atoms with E-state index in [-0.39, 0.29) is 18.7 Å². The molecule has 1 unspecified atom stereocenters. The lowest BCUT2D eigenvalue weighted by Crippen LogP contribution is -2.44. The summed E-state index contributed by atoms with van der Waals surface area (Å²) >= 11 is 0. The molecule has 1 aliphatic rings. The lowest BCUT2D eigenvalue weighted by Gasteiger charge is -2.28. The van der Waals surface area contributed by atoms with Crippen LogP contribution in [0.4, 0.5) is 4.79 Å². The van der Waals surface area contributed by atoms with Gasteiger partial charge in [-0.1, -0.05) is 37.3 Å². The molecular weight excluding hydrogens is 318 g/mol. The van der Waals surface area contributed by atoms with Crippen LogP contribution in [-0.2, 0) is 19.5 Å². The zero-order valence-electron chi connectivity index (χ0n) is 14.6. The summed E-state index contributed by atoms with van der Waals surface area (Å²) in [5, 5.41) is 16.9. The normalized spacial score (nSPS) is 16.3. The van der Waals surface area contributed by atoms with Crippen molar-refractivity contribution >= 4 is 6.03 Å². The van der Waals surface area contributed by atoms with Crippen molar-refractivity contribution in [2.24, 2.45) is 0 Å². The average molecular weight is 343 g/mol. The van der Waals surface area contributed by atoms with Gasteiger partial charge in [0, 0.05) is 26.1 Å². The molecule has 7 nitrogen and oxygen atoms in total. The highest BCUT2D eigenvalue weighted by molar-refractivity contribution is 5.74. The zero-order chi connectivity index (χ0) is 17.6. The third-order valence-electron chi connectivity index (χ3n) is 4.41. The number of nitrogens with one attached hydrogen (secondary N) is 1. The second kappa shape index (κ2) is 8.11. The Bertz CT molecular complexity index is 701. The fourth-order valence-electron chi connectivity index (χ4n) is 3.10. The number of benzene rings is 1. The van der Waals surface area contributed by atoms with Crippen LogP contribution in [0.15, 0.2) is 30.3 Å². The molecule has 1 aliphatic heterocycles. The molecule has 2 amide bonds. The number of amides is 2. The molecule has 3 rings (SSSR count). The molecule has 0 fully saturated rings. The maximum Gasteiger partial charge on any atom is 0.318 e.